The first-order chi connectivity index (χ1) is 13.8. The predicted molar refractivity (Wildman–Crippen MR) is 94.5 cm³/mol. The number of carbonyl (C=O) groups excluding carboxylic acids is 1. The molecule has 29 heavy (non-hydrogen) atoms. The third-order valence-electron chi connectivity index (χ3n) is 4.66. The Hall–Kier alpha value is -3.01. The van der Waals surface area contributed by atoms with E-state index in [1.165, 1.54) is 11.2 Å². The molecule has 0 fully saturated rings. The van der Waals surface area contributed by atoms with Gasteiger partial charge in [-0.2, -0.15) is 18.3 Å². The van der Waals surface area contributed by atoms with Crippen LogP contribution >= 0.6 is 11.6 Å². The van der Waals surface area contributed by atoms with Gasteiger partial charge < -0.3 is 4.90 Å². The van der Waals surface area contributed by atoms with Gasteiger partial charge in [0, 0.05) is 18.3 Å². The van der Waals surface area contributed by atoms with E-state index in [0.29, 0.717) is 29.6 Å². The van der Waals surface area contributed by atoms with E-state index >= 15 is 0 Å². The minimum absolute atomic E-state index is 0.0624. The summed E-state index contributed by atoms with van der Waals surface area (Å²) in [5.74, 6) is -2.26. The van der Waals surface area contributed by atoms with E-state index in [1.54, 1.807) is 12.3 Å². The molecule has 0 bridgehead atoms. The highest BCUT2D eigenvalue weighted by Gasteiger charge is 2.39. The van der Waals surface area contributed by atoms with Gasteiger partial charge in [-0.25, -0.2) is 14.4 Å². The Kier molecular flexibility index (Phi) is 4.73. The maximum Gasteiger partial charge on any atom is 0.420 e. The molecule has 0 saturated carbocycles. The number of nitrogens with zero attached hydrogens (tertiary/aromatic N) is 4. The van der Waals surface area contributed by atoms with Gasteiger partial charge in [0.2, 0.25) is 0 Å². The fourth-order valence-corrected chi connectivity index (χ4v) is 3.64. The second-order valence-electron chi connectivity index (χ2n) is 6.38. The number of carbonyl (C=O) groups is 1. The van der Waals surface area contributed by atoms with Crippen LogP contribution in [0, 0.1) is 5.82 Å². The van der Waals surface area contributed by atoms with E-state index in [4.69, 9.17) is 11.6 Å². The van der Waals surface area contributed by atoms with Crippen molar-refractivity contribution in [3.05, 3.63) is 63.9 Å². The maximum atomic E-state index is 13.7. The Labute approximate surface area is 166 Å². The molecule has 0 saturated heterocycles. The average molecular weight is 426 g/mol. The molecule has 1 N–H and O–H groups in total. The standard InChI is InChI=1S/C18H12ClF4N5O/c19-15-10(1-2-11(20)14(15)18(21,22)23)17(29)28-6-4-9-13(7-28)24-8-25-16(9)12-3-5-26-27-12/h1-3,5,8H,4,6-7H2,(H,26,27). The molecule has 1 aliphatic rings. The number of alkyl halides is 3. The number of hydrogen-bond acceptors (Lipinski definition) is 4. The highest BCUT2D eigenvalue weighted by atomic mass is 35.5. The van der Waals surface area contributed by atoms with Crippen molar-refractivity contribution in [2.45, 2.75) is 19.1 Å². The molecule has 1 amide bonds. The van der Waals surface area contributed by atoms with Crippen LogP contribution in [0.1, 0.15) is 27.2 Å². The van der Waals surface area contributed by atoms with Gasteiger partial charge in [0.25, 0.3) is 5.91 Å². The summed E-state index contributed by atoms with van der Waals surface area (Å²) in [5, 5.41) is 5.75. The number of aromatic nitrogens is 4. The van der Waals surface area contributed by atoms with E-state index < -0.39 is 34.1 Å². The Bertz CT molecular complexity index is 1080. The number of hydrogen-bond donors (Lipinski definition) is 1. The van der Waals surface area contributed by atoms with Gasteiger partial charge in [0.05, 0.1) is 34.2 Å². The van der Waals surface area contributed by atoms with Gasteiger partial charge in [-0.05, 0) is 24.6 Å². The van der Waals surface area contributed by atoms with Crippen LogP contribution in [-0.2, 0) is 19.1 Å². The van der Waals surface area contributed by atoms with Crippen molar-refractivity contribution in [2.24, 2.45) is 0 Å². The quantitative estimate of drug-likeness (QED) is 0.632. The molecule has 0 unspecified atom stereocenters. The minimum Gasteiger partial charge on any atom is -0.332 e. The summed E-state index contributed by atoms with van der Waals surface area (Å²) >= 11 is 5.76. The van der Waals surface area contributed by atoms with Crippen molar-refractivity contribution in [3.63, 3.8) is 0 Å². The van der Waals surface area contributed by atoms with Gasteiger partial charge in [-0.1, -0.05) is 11.6 Å². The Balaban J connectivity index is 1.66. The van der Waals surface area contributed by atoms with Crippen LogP contribution < -0.4 is 0 Å². The zero-order valence-electron chi connectivity index (χ0n) is 14.6. The topological polar surface area (TPSA) is 74.8 Å². The van der Waals surface area contributed by atoms with E-state index in [2.05, 4.69) is 20.2 Å². The average Bonchev–Trinajstić information content (AvgIpc) is 3.20. The monoisotopic (exact) mass is 425 g/mol. The van der Waals surface area contributed by atoms with Gasteiger partial charge in [0.1, 0.15) is 17.7 Å². The van der Waals surface area contributed by atoms with Crippen LogP contribution in [0.15, 0.2) is 30.7 Å². The maximum absolute atomic E-state index is 13.7. The summed E-state index contributed by atoms with van der Waals surface area (Å²) in [4.78, 5) is 22.6. The summed E-state index contributed by atoms with van der Waals surface area (Å²) in [7, 11) is 0. The molecule has 3 aromatic rings. The molecule has 0 atom stereocenters. The van der Waals surface area contributed by atoms with Crippen LogP contribution in [0.4, 0.5) is 17.6 Å². The summed E-state index contributed by atoms with van der Waals surface area (Å²) in [6.07, 6.45) is -1.70. The molecule has 0 spiro atoms. The summed E-state index contributed by atoms with van der Waals surface area (Å²) in [6.45, 7) is 0.280. The molecule has 1 aliphatic heterocycles. The molecule has 6 nitrogen and oxygen atoms in total. The predicted octanol–water partition coefficient (Wildman–Crippen LogP) is 3.88. The third-order valence-corrected chi connectivity index (χ3v) is 5.05. The first-order valence-electron chi connectivity index (χ1n) is 8.44. The van der Waals surface area contributed by atoms with Crippen molar-refractivity contribution in [1.82, 2.24) is 25.1 Å². The zero-order chi connectivity index (χ0) is 20.8. The number of amides is 1. The van der Waals surface area contributed by atoms with E-state index in [1.807, 2.05) is 0 Å². The highest BCUT2D eigenvalue weighted by Crippen LogP contribution is 2.39. The fourth-order valence-electron chi connectivity index (χ4n) is 3.30. The van der Waals surface area contributed by atoms with Gasteiger partial charge in [-0.3, -0.25) is 9.89 Å². The molecular formula is C18H12ClF4N5O. The number of aromatic amines is 1. The SMILES string of the molecule is O=C(c1ccc(F)c(C(F)(F)F)c1Cl)N1CCc2c(ncnc2-c2ccn[nH]2)C1. The van der Waals surface area contributed by atoms with Gasteiger partial charge in [0.15, 0.2) is 0 Å². The lowest BCUT2D eigenvalue weighted by Crippen LogP contribution is -2.37. The third kappa shape index (κ3) is 3.44. The van der Waals surface area contributed by atoms with Crippen LogP contribution in [-0.4, -0.2) is 37.5 Å². The number of H-pyrrole nitrogens is 1. The molecule has 0 aliphatic carbocycles. The second-order valence-corrected chi connectivity index (χ2v) is 6.75. The normalized spacial score (nSPS) is 14.0. The van der Waals surface area contributed by atoms with Crippen LogP contribution in [0.3, 0.4) is 0 Å². The number of rotatable bonds is 2. The molecule has 0 radical (unpaired) electrons. The van der Waals surface area contributed by atoms with Crippen molar-refractivity contribution in [2.75, 3.05) is 6.54 Å². The highest BCUT2D eigenvalue weighted by molar-refractivity contribution is 6.34. The second kappa shape index (κ2) is 7.11. The Morgan fingerprint density at radius 2 is 2.00 bits per heavy atom. The zero-order valence-corrected chi connectivity index (χ0v) is 15.4. The first-order valence-corrected chi connectivity index (χ1v) is 8.82. The van der Waals surface area contributed by atoms with E-state index in [9.17, 15) is 22.4 Å². The number of benzene rings is 1. The summed E-state index contributed by atoms with van der Waals surface area (Å²) in [6, 6.07) is 3.30. The van der Waals surface area contributed by atoms with Crippen molar-refractivity contribution >= 4 is 17.5 Å². The molecule has 150 valence electrons. The molecule has 1 aromatic carbocycles. The van der Waals surface area contributed by atoms with E-state index in [-0.39, 0.29) is 13.1 Å². The van der Waals surface area contributed by atoms with Gasteiger partial charge in [-0.15, -0.1) is 0 Å². The van der Waals surface area contributed by atoms with Crippen LogP contribution in [0.2, 0.25) is 5.02 Å². The molecule has 4 rings (SSSR count). The Morgan fingerprint density at radius 3 is 2.69 bits per heavy atom. The molecule has 3 heterocycles. The van der Waals surface area contributed by atoms with Crippen molar-refractivity contribution < 1.29 is 22.4 Å². The minimum atomic E-state index is -5.02. The smallest absolute Gasteiger partial charge is 0.332 e. The van der Waals surface area contributed by atoms with Crippen LogP contribution in [0.5, 0.6) is 0 Å². The Morgan fingerprint density at radius 1 is 1.21 bits per heavy atom. The van der Waals surface area contributed by atoms with Crippen molar-refractivity contribution in [1.29, 1.82) is 0 Å². The van der Waals surface area contributed by atoms with Crippen LogP contribution in [0.25, 0.3) is 11.4 Å². The molecule has 2 aromatic heterocycles. The lowest BCUT2D eigenvalue weighted by Gasteiger charge is -2.29. The first kappa shape index (κ1) is 19.3. The van der Waals surface area contributed by atoms with E-state index in [0.717, 1.165) is 11.6 Å². The molecule has 11 heteroatoms. The largest absolute Gasteiger partial charge is 0.420 e. The van der Waals surface area contributed by atoms with Crippen molar-refractivity contribution in [3.8, 4) is 11.4 Å². The summed E-state index contributed by atoms with van der Waals surface area (Å²) in [5.41, 5.74) is 0.678. The lowest BCUT2D eigenvalue weighted by atomic mass is 10.00. The lowest BCUT2D eigenvalue weighted by molar-refractivity contribution is -0.139. The number of nitrogens with one attached hydrogen (secondary N) is 1. The number of fused-ring (bicyclic) bond motifs is 1. The summed E-state index contributed by atoms with van der Waals surface area (Å²) < 4.78 is 52.9. The fraction of sp³-hybridized carbons (Fsp3) is 0.222. The molecular weight excluding hydrogens is 414 g/mol. The van der Waals surface area contributed by atoms with Gasteiger partial charge >= 0.3 is 6.18 Å². The number of halogens is 5.